The van der Waals surface area contributed by atoms with E-state index in [1.807, 2.05) is 10.8 Å². The van der Waals surface area contributed by atoms with Crippen molar-refractivity contribution < 1.29 is 14.3 Å². The number of amides is 1. The maximum Gasteiger partial charge on any atom is 0.255 e. The summed E-state index contributed by atoms with van der Waals surface area (Å²) in [6.45, 7) is 0.735. The van der Waals surface area contributed by atoms with Gasteiger partial charge in [0.05, 0.1) is 24.0 Å². The highest BCUT2D eigenvalue weighted by Crippen LogP contribution is 2.27. The SMILES string of the molecule is O=C(N[C@@H]1CC(Cn2ccnc2)C[C@H]1O)c1ccc(=O)n(-c2ccc(F)cc2)c1. The van der Waals surface area contributed by atoms with Gasteiger partial charge in [-0.2, -0.15) is 0 Å². The average molecular weight is 396 g/mol. The van der Waals surface area contributed by atoms with Crippen molar-refractivity contribution in [3.63, 3.8) is 0 Å². The smallest absolute Gasteiger partial charge is 0.255 e. The number of halogens is 1. The molecule has 0 bridgehead atoms. The second kappa shape index (κ2) is 8.00. The number of carbonyl (C=O) groups is 1. The quantitative estimate of drug-likeness (QED) is 0.688. The van der Waals surface area contributed by atoms with E-state index in [-0.39, 0.29) is 23.4 Å². The minimum absolute atomic E-state index is 0.234. The molecule has 1 saturated carbocycles. The summed E-state index contributed by atoms with van der Waals surface area (Å²) in [5, 5.41) is 13.2. The zero-order chi connectivity index (χ0) is 20.4. The number of aliphatic hydroxyl groups excluding tert-OH is 1. The van der Waals surface area contributed by atoms with E-state index in [9.17, 15) is 19.1 Å². The molecule has 150 valence electrons. The van der Waals surface area contributed by atoms with Gasteiger partial charge in [-0.25, -0.2) is 9.37 Å². The Morgan fingerprint density at radius 2 is 2.00 bits per heavy atom. The molecule has 2 N–H and O–H groups in total. The van der Waals surface area contributed by atoms with Gasteiger partial charge in [-0.3, -0.25) is 14.2 Å². The highest BCUT2D eigenvalue weighted by atomic mass is 19.1. The van der Waals surface area contributed by atoms with E-state index in [1.54, 1.807) is 12.5 Å². The number of imidazole rings is 1. The van der Waals surface area contributed by atoms with Gasteiger partial charge in [0.15, 0.2) is 0 Å². The number of benzene rings is 1. The van der Waals surface area contributed by atoms with Gasteiger partial charge in [-0.1, -0.05) is 0 Å². The standard InChI is InChI=1S/C21H21FN4O3/c22-16-2-4-17(5-3-16)26-12-15(1-6-20(26)28)21(29)24-18-9-14(10-19(18)27)11-25-8-7-23-13-25/h1-8,12-14,18-19,27H,9-11H2,(H,24,29)/t14?,18-,19-/m1/s1. The third-order valence-electron chi connectivity index (χ3n) is 5.25. The maximum atomic E-state index is 13.1. The lowest BCUT2D eigenvalue weighted by molar-refractivity contribution is 0.0872. The first-order chi connectivity index (χ1) is 14.0. The fourth-order valence-corrected chi connectivity index (χ4v) is 3.79. The molecule has 2 heterocycles. The average Bonchev–Trinajstić information content (AvgIpc) is 3.33. The first-order valence-corrected chi connectivity index (χ1v) is 9.43. The van der Waals surface area contributed by atoms with Crippen molar-refractivity contribution in [2.24, 2.45) is 5.92 Å². The summed E-state index contributed by atoms with van der Waals surface area (Å²) in [6.07, 6.45) is 7.36. The summed E-state index contributed by atoms with van der Waals surface area (Å²) in [6, 6.07) is 7.84. The molecule has 0 aliphatic heterocycles. The molecule has 1 fully saturated rings. The number of carbonyl (C=O) groups excluding carboxylic acids is 1. The van der Waals surface area contributed by atoms with E-state index >= 15 is 0 Å². The van der Waals surface area contributed by atoms with Crippen LogP contribution in [0.2, 0.25) is 0 Å². The summed E-state index contributed by atoms with van der Waals surface area (Å²) in [5.74, 6) is -0.540. The van der Waals surface area contributed by atoms with Crippen molar-refractivity contribution in [3.05, 3.63) is 83.1 Å². The second-order valence-electron chi connectivity index (χ2n) is 7.35. The molecule has 29 heavy (non-hydrogen) atoms. The Hall–Kier alpha value is -3.26. The molecule has 2 aromatic heterocycles. The van der Waals surface area contributed by atoms with Crippen LogP contribution in [0.15, 0.2) is 66.1 Å². The zero-order valence-electron chi connectivity index (χ0n) is 15.6. The first kappa shape index (κ1) is 19.1. The fraction of sp³-hybridized carbons (Fsp3) is 0.286. The summed E-state index contributed by atoms with van der Waals surface area (Å²) < 4.78 is 16.4. The van der Waals surface area contributed by atoms with Gasteiger partial charge >= 0.3 is 0 Å². The van der Waals surface area contributed by atoms with E-state index < -0.39 is 11.9 Å². The van der Waals surface area contributed by atoms with E-state index in [4.69, 9.17) is 0 Å². The van der Waals surface area contributed by atoms with Crippen LogP contribution in [0.5, 0.6) is 0 Å². The maximum absolute atomic E-state index is 13.1. The van der Waals surface area contributed by atoms with E-state index in [0.29, 0.717) is 24.1 Å². The molecule has 1 aromatic carbocycles. The molecule has 7 nitrogen and oxygen atoms in total. The van der Waals surface area contributed by atoms with Gasteiger partial charge in [0, 0.05) is 36.9 Å². The van der Waals surface area contributed by atoms with Gasteiger partial charge in [-0.15, -0.1) is 0 Å². The molecule has 0 spiro atoms. The Bertz CT molecular complexity index is 1050. The summed E-state index contributed by atoms with van der Waals surface area (Å²) in [4.78, 5) is 28.9. The van der Waals surface area contributed by atoms with Crippen LogP contribution in [0.3, 0.4) is 0 Å². The van der Waals surface area contributed by atoms with Crippen LogP contribution >= 0.6 is 0 Å². The minimum atomic E-state index is -0.629. The molecule has 1 amide bonds. The largest absolute Gasteiger partial charge is 0.391 e. The lowest BCUT2D eigenvalue weighted by Gasteiger charge is -2.17. The summed E-state index contributed by atoms with van der Waals surface area (Å²) >= 11 is 0. The molecule has 0 radical (unpaired) electrons. The van der Waals surface area contributed by atoms with Crippen molar-refractivity contribution in [2.45, 2.75) is 31.5 Å². The van der Waals surface area contributed by atoms with Crippen molar-refractivity contribution in [2.75, 3.05) is 0 Å². The van der Waals surface area contributed by atoms with Gasteiger partial charge in [0.1, 0.15) is 5.82 Å². The van der Waals surface area contributed by atoms with Crippen molar-refractivity contribution >= 4 is 5.91 Å². The lowest BCUT2D eigenvalue weighted by atomic mass is 10.1. The van der Waals surface area contributed by atoms with Crippen LogP contribution in [-0.2, 0) is 6.54 Å². The molecule has 1 aliphatic carbocycles. The summed E-state index contributed by atoms with van der Waals surface area (Å²) in [5.41, 5.74) is 0.431. The molecule has 1 aliphatic rings. The Morgan fingerprint density at radius 3 is 2.72 bits per heavy atom. The predicted molar refractivity (Wildman–Crippen MR) is 104 cm³/mol. The monoisotopic (exact) mass is 396 g/mol. The first-order valence-electron chi connectivity index (χ1n) is 9.43. The fourth-order valence-electron chi connectivity index (χ4n) is 3.79. The van der Waals surface area contributed by atoms with Crippen LogP contribution in [0.1, 0.15) is 23.2 Å². The minimum Gasteiger partial charge on any atom is -0.391 e. The number of pyridine rings is 1. The highest BCUT2D eigenvalue weighted by molar-refractivity contribution is 5.94. The Balaban J connectivity index is 1.46. The van der Waals surface area contributed by atoms with Crippen LogP contribution < -0.4 is 10.9 Å². The van der Waals surface area contributed by atoms with Crippen LogP contribution in [0, 0.1) is 11.7 Å². The van der Waals surface area contributed by atoms with E-state index in [0.717, 1.165) is 6.54 Å². The third kappa shape index (κ3) is 4.27. The highest BCUT2D eigenvalue weighted by Gasteiger charge is 2.34. The van der Waals surface area contributed by atoms with Crippen LogP contribution in [0.25, 0.3) is 5.69 Å². The molecule has 8 heteroatoms. The number of nitrogens with one attached hydrogen (secondary N) is 1. The second-order valence-corrected chi connectivity index (χ2v) is 7.35. The zero-order valence-corrected chi connectivity index (χ0v) is 15.6. The Morgan fingerprint density at radius 1 is 1.21 bits per heavy atom. The summed E-state index contributed by atoms with van der Waals surface area (Å²) in [7, 11) is 0. The third-order valence-corrected chi connectivity index (χ3v) is 5.25. The van der Waals surface area contributed by atoms with Crippen molar-refractivity contribution in [3.8, 4) is 5.69 Å². The number of rotatable bonds is 5. The van der Waals surface area contributed by atoms with Crippen LogP contribution in [-0.4, -0.2) is 37.3 Å². The van der Waals surface area contributed by atoms with Gasteiger partial charge in [0.2, 0.25) is 0 Å². The Labute approximate surface area is 166 Å². The molecule has 3 atom stereocenters. The van der Waals surface area contributed by atoms with Gasteiger partial charge in [-0.05, 0) is 49.1 Å². The van der Waals surface area contributed by atoms with E-state index in [1.165, 1.54) is 47.2 Å². The number of nitrogens with zero attached hydrogens (tertiary/aromatic N) is 3. The van der Waals surface area contributed by atoms with Crippen molar-refractivity contribution in [1.82, 2.24) is 19.4 Å². The Kier molecular flexibility index (Phi) is 5.26. The lowest BCUT2D eigenvalue weighted by Crippen LogP contribution is -2.40. The predicted octanol–water partition coefficient (Wildman–Crippen LogP) is 1.74. The van der Waals surface area contributed by atoms with Crippen LogP contribution in [0.4, 0.5) is 4.39 Å². The normalized spacial score (nSPS) is 21.2. The topological polar surface area (TPSA) is 89.2 Å². The molecular weight excluding hydrogens is 375 g/mol. The van der Waals surface area contributed by atoms with Crippen molar-refractivity contribution in [1.29, 1.82) is 0 Å². The number of aliphatic hydroxyl groups is 1. The van der Waals surface area contributed by atoms with Gasteiger partial charge < -0.3 is 15.0 Å². The molecular formula is C21H21FN4O3. The molecule has 1 unspecified atom stereocenters. The number of aromatic nitrogens is 3. The number of hydrogen-bond acceptors (Lipinski definition) is 4. The van der Waals surface area contributed by atoms with E-state index in [2.05, 4.69) is 10.3 Å². The molecule has 0 saturated heterocycles. The molecule has 3 aromatic rings. The molecule has 4 rings (SSSR count). The van der Waals surface area contributed by atoms with Gasteiger partial charge in [0.25, 0.3) is 11.5 Å². The number of hydrogen-bond donors (Lipinski definition) is 2.